The van der Waals surface area contributed by atoms with Gasteiger partial charge in [-0.3, -0.25) is 0 Å². The van der Waals surface area contributed by atoms with Gasteiger partial charge in [-0.15, -0.1) is 0 Å². The smallest absolute Gasteiger partial charge is 0.162 e. The van der Waals surface area contributed by atoms with Gasteiger partial charge < -0.3 is 28.6 Å². The Morgan fingerprint density at radius 3 is 2.60 bits per heavy atom. The summed E-state index contributed by atoms with van der Waals surface area (Å²) < 4.78 is 19.6. The van der Waals surface area contributed by atoms with Crippen LogP contribution >= 0.6 is 0 Å². The lowest BCUT2D eigenvalue weighted by atomic mass is 10.1. The first kappa shape index (κ1) is 21.7. The highest BCUT2D eigenvalue weighted by molar-refractivity contribution is 5.75. The number of methoxy groups -OCH3 is 1. The molecule has 8 nitrogen and oxygen atoms in total. The molecule has 0 radical (unpaired) electrons. The van der Waals surface area contributed by atoms with Crippen molar-refractivity contribution in [2.75, 3.05) is 51.8 Å². The van der Waals surface area contributed by atoms with Crippen LogP contribution in [0.15, 0.2) is 61.1 Å². The third-order valence-corrected chi connectivity index (χ3v) is 6.82. The Balaban J connectivity index is 1.16. The van der Waals surface area contributed by atoms with Crippen LogP contribution < -0.4 is 19.1 Å². The topological polar surface area (TPSA) is 64.9 Å². The first-order valence-electron chi connectivity index (χ1n) is 12.0. The Hall–Kier alpha value is -3.78. The molecule has 0 bridgehead atoms. The van der Waals surface area contributed by atoms with E-state index in [-0.39, 0.29) is 6.10 Å². The summed E-state index contributed by atoms with van der Waals surface area (Å²) in [7, 11) is 3.83. The number of imidazole rings is 1. The van der Waals surface area contributed by atoms with Gasteiger partial charge in [0.25, 0.3) is 0 Å². The number of piperazine rings is 1. The average molecular weight is 472 g/mol. The number of benzene rings is 2. The van der Waals surface area contributed by atoms with E-state index in [1.54, 1.807) is 7.11 Å². The number of anilines is 1. The van der Waals surface area contributed by atoms with Crippen molar-refractivity contribution in [1.29, 1.82) is 0 Å². The van der Waals surface area contributed by atoms with Crippen LogP contribution in [0.2, 0.25) is 0 Å². The molecule has 4 aromatic rings. The van der Waals surface area contributed by atoms with Gasteiger partial charge in [-0.05, 0) is 48.5 Å². The van der Waals surface area contributed by atoms with Gasteiger partial charge in [0.1, 0.15) is 17.9 Å². The summed E-state index contributed by atoms with van der Waals surface area (Å²) in [6.45, 7) is 5.29. The number of likely N-dealkylation sites (N-methyl/N-ethyl adjacent to an activating group) is 1. The largest absolute Gasteiger partial charge is 0.497 e. The number of hydrogen-bond donors (Lipinski definition) is 0. The van der Waals surface area contributed by atoms with E-state index in [0.717, 1.165) is 71.4 Å². The zero-order chi connectivity index (χ0) is 23.8. The molecule has 0 saturated carbocycles. The molecular formula is C27H29N5O3. The summed E-state index contributed by atoms with van der Waals surface area (Å²) in [5.41, 5.74) is 5.12. The molecule has 2 aliphatic rings. The molecule has 0 amide bonds. The number of pyridine rings is 1. The second-order valence-corrected chi connectivity index (χ2v) is 9.17. The summed E-state index contributed by atoms with van der Waals surface area (Å²) >= 11 is 0. The monoisotopic (exact) mass is 471 g/mol. The van der Waals surface area contributed by atoms with Crippen LogP contribution in [0.5, 0.6) is 17.2 Å². The number of hydrogen-bond acceptors (Lipinski definition) is 7. The second-order valence-electron chi connectivity index (χ2n) is 9.17. The van der Waals surface area contributed by atoms with Crippen LogP contribution in [-0.4, -0.2) is 66.4 Å². The minimum Gasteiger partial charge on any atom is -0.497 e. The molecule has 6 rings (SSSR count). The van der Waals surface area contributed by atoms with Crippen LogP contribution in [0.3, 0.4) is 0 Å². The molecule has 1 unspecified atom stereocenters. The normalized spacial score (nSPS) is 18.1. The minimum absolute atomic E-state index is 0.143. The number of rotatable bonds is 5. The van der Waals surface area contributed by atoms with Crippen molar-refractivity contribution in [3.8, 4) is 17.2 Å². The van der Waals surface area contributed by atoms with Gasteiger partial charge in [-0.1, -0.05) is 18.2 Å². The van der Waals surface area contributed by atoms with E-state index in [2.05, 4.69) is 38.5 Å². The van der Waals surface area contributed by atoms with Crippen LogP contribution in [0.25, 0.3) is 11.2 Å². The molecule has 2 aromatic heterocycles. The van der Waals surface area contributed by atoms with E-state index >= 15 is 0 Å². The lowest BCUT2D eigenvalue weighted by Crippen LogP contribution is -2.44. The number of fused-ring (bicyclic) bond motifs is 2. The van der Waals surface area contributed by atoms with Crippen molar-refractivity contribution in [2.24, 2.45) is 0 Å². The molecule has 1 atom stereocenters. The third-order valence-electron chi connectivity index (χ3n) is 6.82. The summed E-state index contributed by atoms with van der Waals surface area (Å²) in [4.78, 5) is 14.1. The molecule has 35 heavy (non-hydrogen) atoms. The van der Waals surface area contributed by atoms with Crippen molar-refractivity contribution >= 4 is 16.9 Å². The average Bonchev–Trinajstić information content (AvgIpc) is 3.30. The Labute approximate surface area is 204 Å². The van der Waals surface area contributed by atoms with Gasteiger partial charge in [-0.25, -0.2) is 9.97 Å². The van der Waals surface area contributed by atoms with Crippen LogP contribution in [0.4, 0.5) is 5.69 Å². The Morgan fingerprint density at radius 2 is 1.80 bits per heavy atom. The SMILES string of the molecule is COc1ccc(C2COc3cc(Cn4cnc5cc(N6CCN(C)CC6)cnc54)ccc3O2)cc1. The lowest BCUT2D eigenvalue weighted by molar-refractivity contribution is 0.0911. The van der Waals surface area contributed by atoms with Gasteiger partial charge in [0.05, 0.1) is 31.9 Å². The molecule has 180 valence electrons. The van der Waals surface area contributed by atoms with Gasteiger partial charge >= 0.3 is 0 Å². The summed E-state index contributed by atoms with van der Waals surface area (Å²) in [5.74, 6) is 2.35. The first-order valence-corrected chi connectivity index (χ1v) is 12.0. The van der Waals surface area contributed by atoms with Gasteiger partial charge in [-0.2, -0.15) is 0 Å². The zero-order valence-electron chi connectivity index (χ0n) is 20.1. The standard InChI is InChI=1S/C27H29N5O3/c1-30-9-11-31(12-10-30)21-14-23-27(28-15-21)32(18-29-23)16-19-3-8-24-25(13-19)34-17-26(35-24)20-4-6-22(33-2)7-5-20/h3-8,13-15,18,26H,9-12,16-17H2,1-2H3. The van der Waals surface area contributed by atoms with E-state index in [4.69, 9.17) is 19.2 Å². The summed E-state index contributed by atoms with van der Waals surface area (Å²) in [6, 6.07) is 16.2. The van der Waals surface area contributed by atoms with Crippen molar-refractivity contribution in [3.05, 3.63) is 72.2 Å². The molecule has 1 saturated heterocycles. The molecule has 4 heterocycles. The molecule has 2 aromatic carbocycles. The Morgan fingerprint density at radius 1 is 0.971 bits per heavy atom. The van der Waals surface area contributed by atoms with E-state index in [9.17, 15) is 0 Å². The molecule has 8 heteroatoms. The second kappa shape index (κ2) is 9.11. The fourth-order valence-corrected chi connectivity index (χ4v) is 4.68. The lowest BCUT2D eigenvalue weighted by Gasteiger charge is -2.33. The maximum Gasteiger partial charge on any atom is 0.162 e. The maximum atomic E-state index is 6.22. The zero-order valence-corrected chi connectivity index (χ0v) is 20.1. The molecule has 0 N–H and O–H groups in total. The number of aromatic nitrogens is 3. The molecule has 0 aliphatic carbocycles. The van der Waals surface area contributed by atoms with Gasteiger partial charge in [0, 0.05) is 26.2 Å². The molecule has 0 spiro atoms. The first-order chi connectivity index (χ1) is 17.2. The van der Waals surface area contributed by atoms with Crippen LogP contribution in [0, 0.1) is 0 Å². The van der Waals surface area contributed by atoms with E-state index in [1.807, 2.05) is 48.9 Å². The highest BCUT2D eigenvalue weighted by Gasteiger charge is 2.23. The third kappa shape index (κ3) is 4.37. The van der Waals surface area contributed by atoms with Crippen molar-refractivity contribution in [2.45, 2.75) is 12.6 Å². The van der Waals surface area contributed by atoms with E-state index < -0.39 is 0 Å². The van der Waals surface area contributed by atoms with Crippen LogP contribution in [0.1, 0.15) is 17.2 Å². The fourth-order valence-electron chi connectivity index (χ4n) is 4.68. The van der Waals surface area contributed by atoms with E-state index in [1.165, 1.54) is 0 Å². The molecular weight excluding hydrogens is 442 g/mol. The van der Waals surface area contributed by atoms with Crippen molar-refractivity contribution in [3.63, 3.8) is 0 Å². The van der Waals surface area contributed by atoms with Crippen molar-refractivity contribution in [1.82, 2.24) is 19.4 Å². The highest BCUT2D eigenvalue weighted by atomic mass is 16.6. The predicted molar refractivity (Wildman–Crippen MR) is 135 cm³/mol. The summed E-state index contributed by atoms with van der Waals surface area (Å²) in [6.07, 6.45) is 3.69. The Bertz CT molecular complexity index is 1330. The van der Waals surface area contributed by atoms with Crippen LogP contribution in [-0.2, 0) is 6.54 Å². The molecule has 2 aliphatic heterocycles. The maximum absolute atomic E-state index is 6.22. The highest BCUT2D eigenvalue weighted by Crippen LogP contribution is 2.37. The minimum atomic E-state index is -0.143. The van der Waals surface area contributed by atoms with E-state index in [0.29, 0.717) is 13.2 Å². The quantitative estimate of drug-likeness (QED) is 0.439. The van der Waals surface area contributed by atoms with Gasteiger partial charge in [0.2, 0.25) is 0 Å². The van der Waals surface area contributed by atoms with Crippen molar-refractivity contribution < 1.29 is 14.2 Å². The number of ether oxygens (including phenoxy) is 3. The molecule has 1 fully saturated rings. The summed E-state index contributed by atoms with van der Waals surface area (Å²) in [5, 5.41) is 0. The Kier molecular flexibility index (Phi) is 5.66. The number of nitrogens with zero attached hydrogens (tertiary/aromatic N) is 5. The fraction of sp³-hybridized carbons (Fsp3) is 0.333. The van der Waals surface area contributed by atoms with Gasteiger partial charge in [0.15, 0.2) is 23.3 Å². The predicted octanol–water partition coefficient (Wildman–Crippen LogP) is 3.75.